The van der Waals surface area contributed by atoms with Crippen LogP contribution < -0.4 is 5.32 Å². The molecule has 0 unspecified atom stereocenters. The minimum absolute atomic E-state index is 0.0710. The number of likely N-dealkylation sites (tertiary alicyclic amines) is 2. The van der Waals surface area contributed by atoms with Crippen molar-refractivity contribution in [3.63, 3.8) is 0 Å². The highest BCUT2D eigenvalue weighted by atomic mass is 16.2. The van der Waals surface area contributed by atoms with Gasteiger partial charge < -0.3 is 10.2 Å². The summed E-state index contributed by atoms with van der Waals surface area (Å²) in [7, 11) is 0. The van der Waals surface area contributed by atoms with Gasteiger partial charge in [0.15, 0.2) is 0 Å². The van der Waals surface area contributed by atoms with Gasteiger partial charge in [-0.1, -0.05) is 0 Å². The van der Waals surface area contributed by atoms with Crippen molar-refractivity contribution in [1.82, 2.24) is 25.1 Å². The molecular weight excluding hydrogens is 354 g/mol. The molecular formula is C21H31N5O2. The Morgan fingerprint density at radius 1 is 1.04 bits per heavy atom. The molecule has 3 heterocycles. The molecule has 2 saturated heterocycles. The van der Waals surface area contributed by atoms with Crippen LogP contribution in [0.3, 0.4) is 0 Å². The Morgan fingerprint density at radius 3 is 2.57 bits per heavy atom. The number of amides is 2. The van der Waals surface area contributed by atoms with Crippen LogP contribution in [0.5, 0.6) is 0 Å². The molecule has 7 nitrogen and oxygen atoms in total. The molecule has 2 amide bonds. The number of piperidine rings is 2. The first-order valence-corrected chi connectivity index (χ1v) is 10.8. The standard InChI is InChI=1S/C21H31N5O2/c27-20(24-8-5-18-14-22-9-10-23-18)17-2-1-11-26(15-17)19-6-12-25(13-7-19)21(28)16-3-4-16/h9-10,14,16-17,19H,1-8,11-13,15H2,(H,24,27)/t17-/m0/s1. The maximum Gasteiger partial charge on any atom is 0.225 e. The number of nitrogens with one attached hydrogen (secondary N) is 1. The third-order valence-corrected chi connectivity index (χ3v) is 6.34. The highest BCUT2D eigenvalue weighted by Gasteiger charge is 2.37. The second kappa shape index (κ2) is 8.99. The van der Waals surface area contributed by atoms with Gasteiger partial charge in [0.05, 0.1) is 11.6 Å². The Morgan fingerprint density at radius 2 is 1.86 bits per heavy atom. The summed E-state index contributed by atoms with van der Waals surface area (Å²) in [6, 6.07) is 0.512. The van der Waals surface area contributed by atoms with Gasteiger partial charge in [-0.3, -0.25) is 24.5 Å². The van der Waals surface area contributed by atoms with Crippen LogP contribution in [0.15, 0.2) is 18.6 Å². The quantitative estimate of drug-likeness (QED) is 0.797. The van der Waals surface area contributed by atoms with Crippen LogP contribution in [0.4, 0.5) is 0 Å². The van der Waals surface area contributed by atoms with E-state index in [4.69, 9.17) is 0 Å². The Kier molecular flexibility index (Phi) is 6.20. The normalized spacial score (nSPS) is 24.1. The lowest BCUT2D eigenvalue weighted by molar-refractivity contribution is -0.134. The van der Waals surface area contributed by atoms with E-state index >= 15 is 0 Å². The van der Waals surface area contributed by atoms with Crippen molar-refractivity contribution in [3.8, 4) is 0 Å². The van der Waals surface area contributed by atoms with Crippen molar-refractivity contribution in [3.05, 3.63) is 24.3 Å². The number of rotatable bonds is 6. The molecule has 3 aliphatic rings. The third-order valence-electron chi connectivity index (χ3n) is 6.34. The lowest BCUT2D eigenvalue weighted by Crippen LogP contribution is -2.51. The molecule has 3 fully saturated rings. The number of hydrogen-bond donors (Lipinski definition) is 1. The molecule has 1 aliphatic carbocycles. The van der Waals surface area contributed by atoms with Crippen LogP contribution in [-0.2, 0) is 16.0 Å². The fourth-order valence-electron chi connectivity index (χ4n) is 4.51. The topological polar surface area (TPSA) is 78.4 Å². The minimum Gasteiger partial charge on any atom is -0.355 e. The number of hydrogen-bond acceptors (Lipinski definition) is 5. The SMILES string of the molecule is O=C(NCCc1cnccn1)[C@H]1CCCN(C2CCN(C(=O)C3CC3)CC2)C1. The summed E-state index contributed by atoms with van der Waals surface area (Å²) in [6.07, 6.45) is 12.1. The van der Waals surface area contributed by atoms with E-state index < -0.39 is 0 Å². The largest absolute Gasteiger partial charge is 0.355 e. The van der Waals surface area contributed by atoms with Crippen LogP contribution in [0, 0.1) is 11.8 Å². The van der Waals surface area contributed by atoms with E-state index in [1.54, 1.807) is 18.6 Å². The average molecular weight is 386 g/mol. The maximum absolute atomic E-state index is 12.6. The van der Waals surface area contributed by atoms with Gasteiger partial charge in [-0.2, -0.15) is 0 Å². The number of carbonyl (C=O) groups is 2. The molecule has 1 atom stereocenters. The fourth-order valence-corrected chi connectivity index (χ4v) is 4.51. The van der Waals surface area contributed by atoms with Crippen molar-refractivity contribution < 1.29 is 9.59 Å². The van der Waals surface area contributed by atoms with E-state index in [1.165, 1.54) is 0 Å². The third kappa shape index (κ3) is 4.87. The van der Waals surface area contributed by atoms with Gasteiger partial charge in [-0.05, 0) is 45.1 Å². The molecule has 1 saturated carbocycles. The van der Waals surface area contributed by atoms with Gasteiger partial charge in [0.25, 0.3) is 0 Å². The molecule has 2 aliphatic heterocycles. The Balaban J connectivity index is 1.20. The van der Waals surface area contributed by atoms with Gasteiger partial charge in [0.2, 0.25) is 11.8 Å². The Bertz CT molecular complexity index is 671. The van der Waals surface area contributed by atoms with E-state index in [0.29, 0.717) is 30.8 Å². The second-order valence-electron chi connectivity index (χ2n) is 8.40. The van der Waals surface area contributed by atoms with E-state index in [1.807, 2.05) is 0 Å². The van der Waals surface area contributed by atoms with Crippen molar-refractivity contribution in [1.29, 1.82) is 0 Å². The van der Waals surface area contributed by atoms with Gasteiger partial charge >= 0.3 is 0 Å². The predicted molar refractivity (Wildman–Crippen MR) is 105 cm³/mol. The summed E-state index contributed by atoms with van der Waals surface area (Å²) in [5, 5.41) is 3.08. The first-order chi connectivity index (χ1) is 13.7. The van der Waals surface area contributed by atoms with Gasteiger partial charge in [-0.15, -0.1) is 0 Å². The second-order valence-corrected chi connectivity index (χ2v) is 8.40. The summed E-state index contributed by atoms with van der Waals surface area (Å²) in [6.45, 7) is 4.29. The lowest BCUT2D eigenvalue weighted by Gasteiger charge is -2.42. The summed E-state index contributed by atoms with van der Waals surface area (Å²) >= 11 is 0. The van der Waals surface area contributed by atoms with E-state index in [2.05, 4.69) is 25.1 Å². The zero-order chi connectivity index (χ0) is 19.3. The van der Waals surface area contributed by atoms with Crippen LogP contribution >= 0.6 is 0 Å². The van der Waals surface area contributed by atoms with Gasteiger partial charge in [-0.25, -0.2) is 0 Å². The van der Waals surface area contributed by atoms with Crippen LogP contribution in [0.25, 0.3) is 0 Å². The van der Waals surface area contributed by atoms with Crippen LogP contribution in [-0.4, -0.2) is 70.3 Å². The van der Waals surface area contributed by atoms with E-state index in [-0.39, 0.29) is 11.8 Å². The van der Waals surface area contributed by atoms with Crippen molar-refractivity contribution in [2.45, 2.75) is 51.0 Å². The summed E-state index contributed by atoms with van der Waals surface area (Å²) < 4.78 is 0. The lowest BCUT2D eigenvalue weighted by atomic mass is 9.93. The summed E-state index contributed by atoms with van der Waals surface area (Å²) in [5.41, 5.74) is 0.903. The molecule has 0 aromatic carbocycles. The van der Waals surface area contributed by atoms with Gasteiger partial charge in [0, 0.05) is 63.2 Å². The first-order valence-electron chi connectivity index (χ1n) is 10.8. The zero-order valence-corrected chi connectivity index (χ0v) is 16.6. The highest BCUT2D eigenvalue weighted by Crippen LogP contribution is 2.32. The number of aromatic nitrogens is 2. The molecule has 0 spiro atoms. The van der Waals surface area contributed by atoms with E-state index in [9.17, 15) is 9.59 Å². The molecule has 7 heteroatoms. The number of nitrogens with zero attached hydrogens (tertiary/aromatic N) is 4. The monoisotopic (exact) mass is 385 g/mol. The fraction of sp³-hybridized carbons (Fsp3) is 0.714. The Hall–Kier alpha value is -2.02. The van der Waals surface area contributed by atoms with Crippen LogP contribution in [0.1, 0.15) is 44.2 Å². The number of carbonyl (C=O) groups excluding carboxylic acids is 2. The Labute approximate surface area is 166 Å². The summed E-state index contributed by atoms with van der Waals surface area (Å²) in [5.74, 6) is 0.926. The molecule has 1 aromatic rings. The van der Waals surface area contributed by atoms with Crippen molar-refractivity contribution in [2.75, 3.05) is 32.7 Å². The molecule has 0 bridgehead atoms. The van der Waals surface area contributed by atoms with Crippen LogP contribution in [0.2, 0.25) is 0 Å². The molecule has 152 valence electrons. The van der Waals surface area contributed by atoms with Crippen molar-refractivity contribution >= 4 is 11.8 Å². The average Bonchev–Trinajstić information content (AvgIpc) is 3.60. The smallest absolute Gasteiger partial charge is 0.225 e. The molecule has 1 N–H and O–H groups in total. The molecule has 0 radical (unpaired) electrons. The summed E-state index contributed by atoms with van der Waals surface area (Å²) in [4.78, 5) is 37.7. The molecule has 1 aromatic heterocycles. The predicted octanol–water partition coefficient (Wildman–Crippen LogP) is 1.25. The highest BCUT2D eigenvalue weighted by molar-refractivity contribution is 5.81. The van der Waals surface area contributed by atoms with Gasteiger partial charge in [0.1, 0.15) is 0 Å². The van der Waals surface area contributed by atoms with Crippen molar-refractivity contribution in [2.24, 2.45) is 11.8 Å². The minimum atomic E-state index is 0.0710. The molecule has 28 heavy (non-hydrogen) atoms. The van der Waals surface area contributed by atoms with E-state index in [0.717, 1.165) is 70.4 Å². The zero-order valence-electron chi connectivity index (χ0n) is 16.6. The first kappa shape index (κ1) is 19.3. The molecule has 4 rings (SSSR count). The maximum atomic E-state index is 12.6.